The summed E-state index contributed by atoms with van der Waals surface area (Å²) in [7, 11) is 0. The minimum atomic E-state index is -1.53. The first kappa shape index (κ1) is 16.0. The molecular weight excluding hydrogens is 310 g/mol. The van der Waals surface area contributed by atoms with E-state index in [4.69, 9.17) is 10.00 Å². The average Bonchev–Trinajstić information content (AvgIpc) is 2.51. The van der Waals surface area contributed by atoms with Gasteiger partial charge in [-0.3, -0.25) is 4.79 Å². The lowest BCUT2D eigenvalue weighted by Crippen LogP contribution is -2.61. The monoisotopic (exact) mass is 327 g/mol. The first-order chi connectivity index (χ1) is 11.2. The van der Waals surface area contributed by atoms with Crippen molar-refractivity contribution in [3.8, 4) is 17.7 Å². The van der Waals surface area contributed by atoms with E-state index in [2.05, 4.69) is 5.10 Å². The smallest absolute Gasteiger partial charge is 0.267 e. The van der Waals surface area contributed by atoms with Crippen LogP contribution in [0.2, 0.25) is 0 Å². The van der Waals surface area contributed by atoms with E-state index in [9.17, 15) is 15.0 Å². The third-order valence-electron chi connectivity index (χ3n) is 4.61. The number of hydrogen-bond acceptors (Lipinski definition) is 6. The van der Waals surface area contributed by atoms with Gasteiger partial charge in [0.05, 0.1) is 11.6 Å². The maximum Gasteiger partial charge on any atom is 0.267 e. The number of aromatic nitrogens is 2. The predicted molar refractivity (Wildman–Crippen MR) is 84.8 cm³/mol. The molecule has 1 aromatic carbocycles. The van der Waals surface area contributed by atoms with Gasteiger partial charge in [0.25, 0.3) is 5.56 Å². The zero-order chi connectivity index (χ0) is 17.7. The SMILES string of the molecule is CC1(C)Oc2ccc(C#N)cc2C(n2nc(O)ccc2=O)C1(C)O. The molecule has 0 spiro atoms. The van der Waals surface area contributed by atoms with Gasteiger partial charge < -0.3 is 14.9 Å². The van der Waals surface area contributed by atoms with Crippen molar-refractivity contribution < 1.29 is 14.9 Å². The zero-order valence-electron chi connectivity index (χ0n) is 13.5. The third-order valence-corrected chi connectivity index (χ3v) is 4.61. The second-order valence-electron chi connectivity index (χ2n) is 6.50. The molecule has 3 rings (SSSR count). The van der Waals surface area contributed by atoms with Crippen LogP contribution in [0.4, 0.5) is 0 Å². The molecule has 2 aromatic rings. The van der Waals surface area contributed by atoms with Crippen molar-refractivity contribution >= 4 is 0 Å². The Morgan fingerprint density at radius 1 is 1.29 bits per heavy atom. The summed E-state index contributed by atoms with van der Waals surface area (Å²) in [5, 5.41) is 33.9. The summed E-state index contributed by atoms with van der Waals surface area (Å²) in [6, 6.07) is 8.25. The van der Waals surface area contributed by atoms with Crippen molar-refractivity contribution in [2.75, 3.05) is 0 Å². The van der Waals surface area contributed by atoms with Gasteiger partial charge in [0.1, 0.15) is 23.0 Å². The molecular formula is C17H17N3O4. The highest BCUT2D eigenvalue weighted by molar-refractivity contribution is 5.47. The Balaban J connectivity index is 2.35. The Hall–Kier alpha value is -2.85. The molecule has 0 fully saturated rings. The molecule has 2 heterocycles. The van der Waals surface area contributed by atoms with Gasteiger partial charge >= 0.3 is 0 Å². The molecule has 2 atom stereocenters. The maximum atomic E-state index is 12.3. The summed E-state index contributed by atoms with van der Waals surface area (Å²) in [4.78, 5) is 12.3. The summed E-state index contributed by atoms with van der Waals surface area (Å²) < 4.78 is 6.92. The molecule has 0 amide bonds. The number of ether oxygens (including phenoxy) is 1. The number of nitrogens with zero attached hydrogens (tertiary/aromatic N) is 3. The molecule has 0 bridgehead atoms. The number of fused-ring (bicyclic) bond motifs is 1. The molecule has 7 heteroatoms. The molecule has 1 aliphatic rings. The topological polar surface area (TPSA) is 108 Å². The molecule has 124 valence electrons. The van der Waals surface area contributed by atoms with Crippen LogP contribution in [-0.2, 0) is 0 Å². The fourth-order valence-corrected chi connectivity index (χ4v) is 2.90. The highest BCUT2D eigenvalue weighted by atomic mass is 16.5. The minimum Gasteiger partial charge on any atom is -0.492 e. The molecule has 1 aliphatic heterocycles. The summed E-state index contributed by atoms with van der Waals surface area (Å²) in [6.45, 7) is 4.95. The van der Waals surface area contributed by atoms with Crippen LogP contribution in [0.5, 0.6) is 11.6 Å². The largest absolute Gasteiger partial charge is 0.492 e. The molecule has 0 saturated carbocycles. The van der Waals surface area contributed by atoms with Crippen LogP contribution in [0.25, 0.3) is 0 Å². The Kier molecular flexibility index (Phi) is 3.39. The molecule has 2 unspecified atom stereocenters. The number of rotatable bonds is 1. The number of aromatic hydroxyl groups is 1. The summed E-state index contributed by atoms with van der Waals surface area (Å²) >= 11 is 0. The highest BCUT2D eigenvalue weighted by Gasteiger charge is 2.54. The van der Waals surface area contributed by atoms with E-state index in [0.29, 0.717) is 16.9 Å². The van der Waals surface area contributed by atoms with E-state index in [1.807, 2.05) is 6.07 Å². The summed E-state index contributed by atoms with van der Waals surface area (Å²) in [5.74, 6) is 0.111. The number of benzene rings is 1. The lowest BCUT2D eigenvalue weighted by atomic mass is 9.75. The number of aliphatic hydroxyl groups is 1. The number of hydrogen-bond donors (Lipinski definition) is 2. The van der Waals surface area contributed by atoms with Crippen molar-refractivity contribution in [2.45, 2.75) is 38.0 Å². The maximum absolute atomic E-state index is 12.3. The van der Waals surface area contributed by atoms with Crippen LogP contribution >= 0.6 is 0 Å². The van der Waals surface area contributed by atoms with Crippen molar-refractivity contribution in [3.63, 3.8) is 0 Å². The number of nitriles is 1. The molecule has 0 radical (unpaired) electrons. The average molecular weight is 327 g/mol. The van der Waals surface area contributed by atoms with E-state index < -0.39 is 22.8 Å². The van der Waals surface area contributed by atoms with Crippen LogP contribution < -0.4 is 10.3 Å². The predicted octanol–water partition coefficient (Wildman–Crippen LogP) is 1.33. The highest BCUT2D eigenvalue weighted by Crippen LogP contribution is 2.47. The Morgan fingerprint density at radius 2 is 2.00 bits per heavy atom. The van der Waals surface area contributed by atoms with Gasteiger partial charge in [-0.15, -0.1) is 5.10 Å². The first-order valence-electron chi connectivity index (χ1n) is 7.41. The normalized spacial score (nSPS) is 24.5. The van der Waals surface area contributed by atoms with Crippen molar-refractivity contribution in [2.24, 2.45) is 0 Å². The van der Waals surface area contributed by atoms with Gasteiger partial charge in [0.2, 0.25) is 5.88 Å². The Labute approximate surface area is 138 Å². The van der Waals surface area contributed by atoms with Gasteiger partial charge in [-0.05, 0) is 39.0 Å². The van der Waals surface area contributed by atoms with Gasteiger partial charge in [-0.1, -0.05) is 0 Å². The van der Waals surface area contributed by atoms with Crippen molar-refractivity contribution in [1.29, 1.82) is 5.26 Å². The standard InChI is InChI=1S/C17H17N3O4/c1-16(2)17(3,23)15(20-14(22)7-6-13(21)19-20)11-8-10(9-18)4-5-12(11)24-16/h4-8,15,23H,1-3H3,(H,19,21). The van der Waals surface area contributed by atoms with Gasteiger partial charge in [0.15, 0.2) is 0 Å². The molecule has 7 nitrogen and oxygen atoms in total. The second kappa shape index (κ2) is 5.08. The lowest BCUT2D eigenvalue weighted by Gasteiger charge is -2.49. The van der Waals surface area contributed by atoms with E-state index >= 15 is 0 Å². The molecule has 0 aliphatic carbocycles. The van der Waals surface area contributed by atoms with E-state index in [0.717, 1.165) is 4.68 Å². The van der Waals surface area contributed by atoms with Gasteiger partial charge in [-0.25, -0.2) is 4.68 Å². The summed E-state index contributed by atoms with van der Waals surface area (Å²) in [6.07, 6.45) is 0. The fraction of sp³-hybridized carbons (Fsp3) is 0.353. The molecule has 1 aromatic heterocycles. The lowest BCUT2D eigenvalue weighted by molar-refractivity contribution is -0.141. The Bertz CT molecular complexity index is 909. The second-order valence-corrected chi connectivity index (χ2v) is 6.50. The van der Waals surface area contributed by atoms with Crippen molar-refractivity contribution in [3.05, 3.63) is 51.8 Å². The fourth-order valence-electron chi connectivity index (χ4n) is 2.90. The molecule has 24 heavy (non-hydrogen) atoms. The van der Waals surface area contributed by atoms with Crippen LogP contribution in [0.1, 0.15) is 37.9 Å². The van der Waals surface area contributed by atoms with Gasteiger partial charge in [0, 0.05) is 17.7 Å². The summed E-state index contributed by atoms with van der Waals surface area (Å²) in [5.41, 5.74) is -2.22. The van der Waals surface area contributed by atoms with E-state index in [1.54, 1.807) is 32.0 Å². The quantitative estimate of drug-likeness (QED) is 0.818. The van der Waals surface area contributed by atoms with Crippen LogP contribution in [-0.4, -0.2) is 31.2 Å². The first-order valence-corrected chi connectivity index (χ1v) is 7.41. The van der Waals surface area contributed by atoms with Crippen LogP contribution in [0.15, 0.2) is 35.1 Å². The van der Waals surface area contributed by atoms with Gasteiger partial charge in [-0.2, -0.15) is 5.26 Å². The zero-order valence-corrected chi connectivity index (χ0v) is 13.5. The van der Waals surface area contributed by atoms with Crippen LogP contribution in [0, 0.1) is 11.3 Å². The van der Waals surface area contributed by atoms with E-state index in [1.165, 1.54) is 19.1 Å². The molecule has 2 N–H and O–H groups in total. The minimum absolute atomic E-state index is 0.340. The van der Waals surface area contributed by atoms with Crippen molar-refractivity contribution in [1.82, 2.24) is 9.78 Å². The Morgan fingerprint density at radius 3 is 2.67 bits per heavy atom. The van der Waals surface area contributed by atoms with E-state index in [-0.39, 0.29) is 5.88 Å². The van der Waals surface area contributed by atoms with Crippen LogP contribution in [0.3, 0.4) is 0 Å². The third kappa shape index (κ3) is 2.23. The molecule has 0 saturated heterocycles.